The van der Waals surface area contributed by atoms with Crippen LogP contribution in [0.25, 0.3) is 10.8 Å². The monoisotopic (exact) mass is 410 g/mol. The van der Waals surface area contributed by atoms with Crippen molar-refractivity contribution in [2.75, 3.05) is 27.2 Å². The fourth-order valence-electron chi connectivity index (χ4n) is 3.35. The molecule has 2 aromatic carbocycles. The third-order valence-electron chi connectivity index (χ3n) is 5.05. The minimum absolute atomic E-state index is 0.0443. The molecule has 1 aromatic heterocycles. The maximum Gasteiger partial charge on any atom is 0.274 e. The number of hydrogen-bond donors (Lipinski definition) is 0. The molecule has 158 valence electrons. The largest absolute Gasteiger partial charge is 0.337 e. The van der Waals surface area contributed by atoms with E-state index in [-0.39, 0.29) is 30.2 Å². The fraction of sp³-hybridized carbons (Fsp3) is 0.348. The molecule has 0 aliphatic rings. The summed E-state index contributed by atoms with van der Waals surface area (Å²) in [4.78, 5) is 29.4. The van der Waals surface area contributed by atoms with Gasteiger partial charge in [0.2, 0.25) is 5.91 Å². The number of hydrogen-bond acceptors (Lipinski definition) is 4. The zero-order chi connectivity index (χ0) is 21.7. The van der Waals surface area contributed by atoms with Gasteiger partial charge in [0.1, 0.15) is 5.82 Å². The Hall–Kier alpha value is -3.06. The van der Waals surface area contributed by atoms with E-state index in [9.17, 15) is 14.0 Å². The molecule has 7 heteroatoms. The van der Waals surface area contributed by atoms with Crippen LogP contribution in [0.1, 0.15) is 18.2 Å². The van der Waals surface area contributed by atoms with Crippen molar-refractivity contribution in [1.29, 1.82) is 0 Å². The van der Waals surface area contributed by atoms with Crippen LogP contribution in [0.15, 0.2) is 53.3 Å². The Morgan fingerprint density at radius 2 is 1.70 bits per heavy atom. The fourth-order valence-corrected chi connectivity index (χ4v) is 3.35. The SMILES string of the molecule is CCn1nc(CC(=O)N(CCN(C)C)Cc2ccccc2F)c2ccccc2c1=O. The van der Waals surface area contributed by atoms with Crippen LogP contribution in [0.5, 0.6) is 0 Å². The highest BCUT2D eigenvalue weighted by molar-refractivity contribution is 5.88. The third kappa shape index (κ3) is 4.91. The maximum absolute atomic E-state index is 14.2. The molecule has 0 spiro atoms. The van der Waals surface area contributed by atoms with Gasteiger partial charge in [0.15, 0.2) is 0 Å². The Labute approximate surface area is 175 Å². The van der Waals surface area contributed by atoms with Gasteiger partial charge in [-0.2, -0.15) is 5.10 Å². The van der Waals surface area contributed by atoms with E-state index in [1.807, 2.05) is 38.1 Å². The Kier molecular flexibility index (Phi) is 6.95. The molecule has 30 heavy (non-hydrogen) atoms. The van der Waals surface area contributed by atoms with Crippen molar-refractivity contribution in [3.63, 3.8) is 0 Å². The lowest BCUT2D eigenvalue weighted by Gasteiger charge is -2.25. The first-order valence-corrected chi connectivity index (χ1v) is 10.0. The summed E-state index contributed by atoms with van der Waals surface area (Å²) in [5, 5.41) is 5.66. The minimum atomic E-state index is -0.330. The van der Waals surface area contributed by atoms with Crippen LogP contribution in [0.3, 0.4) is 0 Å². The van der Waals surface area contributed by atoms with Crippen molar-refractivity contribution in [2.24, 2.45) is 0 Å². The molecule has 0 N–H and O–H groups in total. The first kappa shape index (κ1) is 21.6. The first-order chi connectivity index (χ1) is 14.4. The molecule has 6 nitrogen and oxygen atoms in total. The van der Waals surface area contributed by atoms with Crippen molar-refractivity contribution in [3.05, 3.63) is 76.0 Å². The molecule has 0 aliphatic heterocycles. The molecule has 0 saturated heterocycles. The van der Waals surface area contributed by atoms with E-state index in [0.29, 0.717) is 41.7 Å². The van der Waals surface area contributed by atoms with E-state index in [0.717, 1.165) is 0 Å². The van der Waals surface area contributed by atoms with Gasteiger partial charge in [-0.25, -0.2) is 9.07 Å². The van der Waals surface area contributed by atoms with Crippen LogP contribution < -0.4 is 5.56 Å². The van der Waals surface area contributed by atoms with E-state index in [2.05, 4.69) is 5.10 Å². The Bertz CT molecular complexity index is 1090. The number of carbonyl (C=O) groups is 1. The second-order valence-electron chi connectivity index (χ2n) is 7.50. The Morgan fingerprint density at radius 3 is 2.37 bits per heavy atom. The molecule has 0 fully saturated rings. The van der Waals surface area contributed by atoms with E-state index in [1.54, 1.807) is 35.2 Å². The molecule has 3 rings (SSSR count). The Balaban J connectivity index is 1.92. The number of fused-ring (bicyclic) bond motifs is 1. The lowest BCUT2D eigenvalue weighted by atomic mass is 10.1. The van der Waals surface area contributed by atoms with E-state index in [4.69, 9.17) is 0 Å². The first-order valence-electron chi connectivity index (χ1n) is 10.0. The zero-order valence-corrected chi connectivity index (χ0v) is 17.6. The number of aryl methyl sites for hydroxylation is 1. The molecule has 3 aromatic rings. The summed E-state index contributed by atoms with van der Waals surface area (Å²) >= 11 is 0. The molecular weight excluding hydrogens is 383 g/mol. The third-order valence-corrected chi connectivity index (χ3v) is 5.05. The molecule has 1 amide bonds. The smallest absolute Gasteiger partial charge is 0.274 e. The molecule has 0 saturated carbocycles. The maximum atomic E-state index is 14.2. The number of halogens is 1. The topological polar surface area (TPSA) is 58.4 Å². The summed E-state index contributed by atoms with van der Waals surface area (Å²) in [6.45, 7) is 3.57. The number of aromatic nitrogens is 2. The zero-order valence-electron chi connectivity index (χ0n) is 17.6. The van der Waals surface area contributed by atoms with Crippen LogP contribution in [0.4, 0.5) is 4.39 Å². The van der Waals surface area contributed by atoms with Crippen molar-refractivity contribution in [3.8, 4) is 0 Å². The van der Waals surface area contributed by atoms with E-state index < -0.39 is 0 Å². The van der Waals surface area contributed by atoms with Crippen LogP contribution in [0.2, 0.25) is 0 Å². The number of likely N-dealkylation sites (N-methyl/N-ethyl adjacent to an activating group) is 1. The van der Waals surface area contributed by atoms with Crippen molar-refractivity contribution in [1.82, 2.24) is 19.6 Å². The van der Waals surface area contributed by atoms with Crippen LogP contribution in [0, 0.1) is 5.82 Å². The molecule has 0 atom stereocenters. The van der Waals surface area contributed by atoms with Gasteiger partial charge in [0, 0.05) is 37.1 Å². The van der Waals surface area contributed by atoms with Crippen molar-refractivity contribution < 1.29 is 9.18 Å². The van der Waals surface area contributed by atoms with Gasteiger partial charge in [-0.3, -0.25) is 9.59 Å². The predicted molar refractivity (Wildman–Crippen MR) is 116 cm³/mol. The molecule has 0 unspecified atom stereocenters. The molecule has 0 radical (unpaired) electrons. The minimum Gasteiger partial charge on any atom is -0.337 e. The van der Waals surface area contributed by atoms with Gasteiger partial charge >= 0.3 is 0 Å². The summed E-state index contributed by atoms with van der Waals surface area (Å²) in [5.41, 5.74) is 0.863. The average Bonchev–Trinajstić information content (AvgIpc) is 2.74. The van der Waals surface area contributed by atoms with Crippen LogP contribution in [-0.4, -0.2) is 52.7 Å². The van der Waals surface area contributed by atoms with Gasteiger partial charge in [-0.1, -0.05) is 36.4 Å². The number of nitrogens with zero attached hydrogens (tertiary/aromatic N) is 4. The van der Waals surface area contributed by atoms with Gasteiger partial charge in [-0.05, 0) is 33.2 Å². The quantitative estimate of drug-likeness (QED) is 0.573. The predicted octanol–water partition coefficient (Wildman–Crippen LogP) is 2.69. The highest BCUT2D eigenvalue weighted by Gasteiger charge is 2.19. The molecular formula is C23H27FN4O2. The standard InChI is InChI=1S/C23H27FN4O2/c1-4-28-23(30)19-11-7-6-10-18(19)21(25-28)15-22(29)27(14-13-26(2)3)16-17-9-5-8-12-20(17)24/h5-12H,4,13-16H2,1-3H3. The number of benzene rings is 2. The van der Waals surface area contributed by atoms with Gasteiger partial charge < -0.3 is 9.80 Å². The lowest BCUT2D eigenvalue weighted by molar-refractivity contribution is -0.131. The van der Waals surface area contributed by atoms with E-state index in [1.165, 1.54) is 10.7 Å². The number of amides is 1. The van der Waals surface area contributed by atoms with Crippen LogP contribution in [-0.2, 0) is 24.3 Å². The summed E-state index contributed by atoms with van der Waals surface area (Å²) < 4.78 is 15.6. The van der Waals surface area contributed by atoms with E-state index >= 15 is 0 Å². The average molecular weight is 410 g/mol. The second kappa shape index (κ2) is 9.63. The van der Waals surface area contributed by atoms with Gasteiger partial charge in [0.05, 0.1) is 17.5 Å². The van der Waals surface area contributed by atoms with Gasteiger partial charge in [0.25, 0.3) is 5.56 Å². The second-order valence-corrected chi connectivity index (χ2v) is 7.50. The highest BCUT2D eigenvalue weighted by Crippen LogP contribution is 2.16. The summed E-state index contributed by atoms with van der Waals surface area (Å²) in [7, 11) is 3.86. The number of rotatable bonds is 8. The summed E-state index contributed by atoms with van der Waals surface area (Å²) in [6.07, 6.45) is 0.0443. The van der Waals surface area contributed by atoms with Gasteiger partial charge in [-0.15, -0.1) is 0 Å². The molecule has 0 bridgehead atoms. The Morgan fingerprint density at radius 1 is 1.03 bits per heavy atom. The van der Waals surface area contributed by atoms with Crippen molar-refractivity contribution >= 4 is 16.7 Å². The van der Waals surface area contributed by atoms with Crippen molar-refractivity contribution in [2.45, 2.75) is 26.4 Å². The van der Waals surface area contributed by atoms with Crippen LogP contribution >= 0.6 is 0 Å². The lowest BCUT2D eigenvalue weighted by Crippen LogP contribution is -2.38. The normalized spacial score (nSPS) is 11.2. The highest BCUT2D eigenvalue weighted by atomic mass is 19.1. The number of carbonyl (C=O) groups excluding carboxylic acids is 1. The molecule has 1 heterocycles. The summed E-state index contributed by atoms with van der Waals surface area (Å²) in [5.74, 6) is -0.484. The molecule has 0 aliphatic carbocycles. The summed E-state index contributed by atoms with van der Waals surface area (Å²) in [6, 6.07) is 13.7.